The number of rotatable bonds is 6. The van der Waals surface area contributed by atoms with E-state index in [9.17, 15) is 8.42 Å². The fourth-order valence-corrected chi connectivity index (χ4v) is 3.38. The second-order valence-corrected chi connectivity index (χ2v) is 7.41. The van der Waals surface area contributed by atoms with Crippen molar-refractivity contribution in [2.24, 2.45) is 11.7 Å². The van der Waals surface area contributed by atoms with Crippen molar-refractivity contribution < 1.29 is 8.42 Å². The van der Waals surface area contributed by atoms with Gasteiger partial charge >= 0.3 is 0 Å². The van der Waals surface area contributed by atoms with Crippen molar-refractivity contribution in [3.63, 3.8) is 0 Å². The molecule has 0 amide bonds. The van der Waals surface area contributed by atoms with Gasteiger partial charge in [-0.1, -0.05) is 26.2 Å². The molecule has 2 N–H and O–H groups in total. The van der Waals surface area contributed by atoms with Crippen LogP contribution in [0, 0.1) is 5.92 Å². The molecule has 0 aromatic carbocycles. The molecule has 96 valence electrons. The van der Waals surface area contributed by atoms with Crippen LogP contribution in [-0.4, -0.2) is 26.0 Å². The Morgan fingerprint density at radius 2 is 1.88 bits per heavy atom. The van der Waals surface area contributed by atoms with Gasteiger partial charge in [-0.05, 0) is 31.6 Å². The number of hydrogen-bond acceptors (Lipinski definition) is 3. The lowest BCUT2D eigenvalue weighted by Crippen LogP contribution is -2.32. The molecule has 16 heavy (non-hydrogen) atoms. The number of sulfone groups is 1. The topological polar surface area (TPSA) is 60.2 Å². The summed E-state index contributed by atoms with van der Waals surface area (Å²) in [5, 5.41) is 0. The van der Waals surface area contributed by atoms with Gasteiger partial charge in [-0.25, -0.2) is 8.42 Å². The van der Waals surface area contributed by atoms with E-state index in [4.69, 9.17) is 5.73 Å². The Kier molecular flexibility index (Phi) is 5.76. The number of hydrogen-bond donors (Lipinski definition) is 1. The zero-order valence-corrected chi connectivity index (χ0v) is 11.1. The molecular formula is C12H25NO2S. The van der Waals surface area contributed by atoms with Crippen molar-refractivity contribution >= 4 is 9.84 Å². The maximum Gasteiger partial charge on any atom is 0.150 e. The van der Waals surface area contributed by atoms with Crippen molar-refractivity contribution in [3.8, 4) is 0 Å². The summed E-state index contributed by atoms with van der Waals surface area (Å²) in [6.07, 6.45) is 8.01. The Bertz CT molecular complexity index is 281. The Morgan fingerprint density at radius 1 is 1.25 bits per heavy atom. The molecule has 3 nitrogen and oxygen atoms in total. The molecule has 0 aliphatic heterocycles. The summed E-state index contributed by atoms with van der Waals surface area (Å²) >= 11 is 0. The van der Waals surface area contributed by atoms with E-state index in [0.29, 0.717) is 11.7 Å². The van der Waals surface area contributed by atoms with Crippen LogP contribution in [0.5, 0.6) is 0 Å². The van der Waals surface area contributed by atoms with Crippen LogP contribution >= 0.6 is 0 Å². The van der Waals surface area contributed by atoms with Crippen LogP contribution in [0.4, 0.5) is 0 Å². The van der Waals surface area contributed by atoms with Gasteiger partial charge in [0.05, 0.1) is 5.75 Å². The summed E-state index contributed by atoms with van der Waals surface area (Å²) in [5.41, 5.74) is 6.12. The van der Waals surface area contributed by atoms with Crippen LogP contribution in [0.3, 0.4) is 0 Å². The van der Waals surface area contributed by atoms with E-state index in [1.54, 1.807) is 6.92 Å². The van der Waals surface area contributed by atoms with E-state index >= 15 is 0 Å². The molecule has 4 heteroatoms. The molecule has 0 bridgehead atoms. The lowest BCUT2D eigenvalue weighted by molar-refractivity contribution is 0.294. The lowest BCUT2D eigenvalue weighted by atomic mass is 9.83. The van der Waals surface area contributed by atoms with Crippen LogP contribution in [0.2, 0.25) is 0 Å². The maximum atomic E-state index is 11.3. The smallest absolute Gasteiger partial charge is 0.150 e. The Labute approximate surface area is 99.7 Å². The first-order chi connectivity index (χ1) is 7.55. The Hall–Kier alpha value is -0.0900. The van der Waals surface area contributed by atoms with E-state index in [1.165, 1.54) is 32.1 Å². The zero-order chi connectivity index (χ0) is 12.0. The van der Waals surface area contributed by atoms with Gasteiger partial charge in [0.25, 0.3) is 0 Å². The molecule has 1 atom stereocenters. The lowest BCUT2D eigenvalue weighted by Gasteiger charge is -2.27. The molecular weight excluding hydrogens is 222 g/mol. The molecule has 1 aliphatic carbocycles. The van der Waals surface area contributed by atoms with Gasteiger partial charge in [0.15, 0.2) is 0 Å². The third-order valence-corrected chi connectivity index (χ3v) is 5.48. The van der Waals surface area contributed by atoms with Gasteiger partial charge in [-0.2, -0.15) is 0 Å². The zero-order valence-electron chi connectivity index (χ0n) is 10.3. The van der Waals surface area contributed by atoms with Gasteiger partial charge in [0.2, 0.25) is 0 Å². The fourth-order valence-electron chi connectivity index (χ4n) is 2.48. The van der Waals surface area contributed by atoms with Crippen molar-refractivity contribution in [2.75, 3.05) is 11.5 Å². The average molecular weight is 247 g/mol. The fraction of sp³-hybridized carbons (Fsp3) is 1.00. The third-order valence-electron chi connectivity index (χ3n) is 3.69. The quantitative estimate of drug-likeness (QED) is 0.782. The van der Waals surface area contributed by atoms with Crippen LogP contribution in [0.15, 0.2) is 0 Å². The van der Waals surface area contributed by atoms with E-state index in [0.717, 1.165) is 12.8 Å². The predicted molar refractivity (Wildman–Crippen MR) is 68.1 cm³/mol. The molecule has 0 heterocycles. The van der Waals surface area contributed by atoms with E-state index in [2.05, 4.69) is 0 Å². The van der Waals surface area contributed by atoms with Gasteiger partial charge in [0, 0.05) is 11.8 Å². The summed E-state index contributed by atoms with van der Waals surface area (Å²) in [6, 6.07) is 0.215. The van der Waals surface area contributed by atoms with Gasteiger partial charge < -0.3 is 5.73 Å². The van der Waals surface area contributed by atoms with E-state index in [-0.39, 0.29) is 11.8 Å². The first kappa shape index (κ1) is 14.0. The second kappa shape index (κ2) is 6.60. The molecule has 1 rings (SSSR count). The predicted octanol–water partition coefficient (Wildman–Crippen LogP) is 2.11. The monoisotopic (exact) mass is 247 g/mol. The van der Waals surface area contributed by atoms with Crippen LogP contribution in [0.1, 0.15) is 51.9 Å². The van der Waals surface area contributed by atoms with Crippen molar-refractivity contribution in [1.82, 2.24) is 0 Å². The van der Waals surface area contributed by atoms with E-state index in [1.807, 2.05) is 0 Å². The van der Waals surface area contributed by atoms with Gasteiger partial charge in [0.1, 0.15) is 9.84 Å². The molecule has 0 spiro atoms. The summed E-state index contributed by atoms with van der Waals surface area (Å²) in [7, 11) is -2.80. The second-order valence-electron chi connectivity index (χ2n) is 4.94. The van der Waals surface area contributed by atoms with Crippen LogP contribution < -0.4 is 5.73 Å². The van der Waals surface area contributed by atoms with Crippen molar-refractivity contribution in [1.29, 1.82) is 0 Å². The Balaban J connectivity index is 2.21. The maximum absolute atomic E-state index is 11.3. The average Bonchev–Trinajstić information content (AvgIpc) is 2.30. The highest BCUT2D eigenvalue weighted by molar-refractivity contribution is 7.91. The molecule has 1 saturated carbocycles. The normalized spacial score (nSPS) is 20.9. The summed E-state index contributed by atoms with van der Waals surface area (Å²) < 4.78 is 22.6. The van der Waals surface area contributed by atoms with Crippen molar-refractivity contribution in [2.45, 2.75) is 57.9 Å². The third kappa shape index (κ3) is 4.83. The van der Waals surface area contributed by atoms with Gasteiger partial charge in [-0.3, -0.25) is 0 Å². The van der Waals surface area contributed by atoms with Gasteiger partial charge in [-0.15, -0.1) is 0 Å². The Morgan fingerprint density at radius 3 is 2.44 bits per heavy atom. The highest BCUT2D eigenvalue weighted by Gasteiger charge is 2.20. The first-order valence-electron chi connectivity index (χ1n) is 6.51. The first-order valence-corrected chi connectivity index (χ1v) is 8.33. The summed E-state index contributed by atoms with van der Waals surface area (Å²) in [4.78, 5) is 0. The van der Waals surface area contributed by atoms with Crippen molar-refractivity contribution in [3.05, 3.63) is 0 Å². The largest absolute Gasteiger partial charge is 0.327 e. The molecule has 1 fully saturated rings. The SMILES string of the molecule is CCS(=O)(=O)CCCC(N)C1CCCCC1. The molecule has 1 aliphatic rings. The highest BCUT2D eigenvalue weighted by Crippen LogP contribution is 2.27. The molecule has 0 radical (unpaired) electrons. The summed E-state index contributed by atoms with van der Waals surface area (Å²) in [6.45, 7) is 1.70. The molecule has 0 aromatic rings. The van der Waals surface area contributed by atoms with Crippen LogP contribution in [-0.2, 0) is 9.84 Å². The molecule has 1 unspecified atom stereocenters. The summed E-state index contributed by atoms with van der Waals surface area (Å²) in [5.74, 6) is 1.20. The van der Waals surface area contributed by atoms with E-state index < -0.39 is 9.84 Å². The minimum absolute atomic E-state index is 0.215. The molecule has 0 saturated heterocycles. The van der Waals surface area contributed by atoms with Crippen LogP contribution in [0.25, 0.3) is 0 Å². The minimum atomic E-state index is -2.80. The number of nitrogens with two attached hydrogens (primary N) is 1. The highest BCUT2D eigenvalue weighted by atomic mass is 32.2. The minimum Gasteiger partial charge on any atom is -0.327 e. The molecule has 0 aromatic heterocycles. The standard InChI is InChI=1S/C12H25NO2S/c1-2-16(14,15)10-6-9-12(13)11-7-4-3-5-8-11/h11-12H,2-10,13H2,1H3.